The number of aryl methyl sites for hydroxylation is 1. The van der Waals surface area contributed by atoms with Gasteiger partial charge in [0.1, 0.15) is 10.8 Å². The molecule has 1 aromatic heterocycles. The summed E-state index contributed by atoms with van der Waals surface area (Å²) in [6.45, 7) is 6.09. The number of hydrazone groups is 1. The van der Waals surface area contributed by atoms with Crippen LogP contribution in [-0.4, -0.2) is 38.6 Å². The van der Waals surface area contributed by atoms with Gasteiger partial charge in [0.25, 0.3) is 5.91 Å². The number of aliphatic imine (C=N–C) groups is 1. The lowest BCUT2D eigenvalue weighted by atomic mass is 10.1. The molecule has 0 saturated heterocycles. The Morgan fingerprint density at radius 2 is 1.97 bits per heavy atom. The Kier molecular flexibility index (Phi) is 5.34. The van der Waals surface area contributed by atoms with Crippen LogP contribution >= 0.6 is 11.8 Å². The molecule has 1 amide bonds. The molecule has 1 N–H and O–H groups in total. The number of nitrogens with zero attached hydrogens (tertiary/aromatic N) is 4. The van der Waals surface area contributed by atoms with E-state index >= 15 is 0 Å². The van der Waals surface area contributed by atoms with Crippen LogP contribution in [-0.2, 0) is 4.79 Å². The highest BCUT2D eigenvalue weighted by molar-refractivity contribution is 8.26. The van der Waals surface area contributed by atoms with Gasteiger partial charge < -0.3 is 9.30 Å². The molecule has 0 bridgehead atoms. The average molecular weight is 422 g/mol. The van der Waals surface area contributed by atoms with Gasteiger partial charge in [-0.2, -0.15) is 15.1 Å². The van der Waals surface area contributed by atoms with Crippen LogP contribution in [0.3, 0.4) is 0 Å². The molecule has 0 atom stereocenters. The van der Waals surface area contributed by atoms with E-state index in [-0.39, 0.29) is 11.4 Å². The Labute approximate surface area is 179 Å². The molecule has 7 nitrogen and oxygen atoms in total. The topological polar surface area (TPSA) is 83.0 Å². The van der Waals surface area contributed by atoms with E-state index in [0.29, 0.717) is 5.17 Å². The van der Waals surface area contributed by atoms with Gasteiger partial charge in [-0.25, -0.2) is 0 Å². The molecular weight excluding hydrogens is 398 g/mol. The quantitative estimate of drug-likeness (QED) is 0.720. The molecule has 0 radical (unpaired) electrons. The number of ether oxygens (including phenoxy) is 1. The van der Waals surface area contributed by atoms with Crippen molar-refractivity contribution in [1.29, 1.82) is 5.41 Å². The van der Waals surface area contributed by atoms with Gasteiger partial charge >= 0.3 is 0 Å². The minimum absolute atomic E-state index is 0.0675. The van der Waals surface area contributed by atoms with Crippen LogP contribution in [0.2, 0.25) is 0 Å². The van der Waals surface area contributed by atoms with Gasteiger partial charge in [-0.3, -0.25) is 10.2 Å². The molecule has 4 rings (SSSR count). The number of hydrogen-bond donors (Lipinski definition) is 1. The maximum absolute atomic E-state index is 12.7. The smallest absolute Gasteiger partial charge is 0.283 e. The van der Waals surface area contributed by atoms with Crippen LogP contribution in [0.1, 0.15) is 36.7 Å². The number of amidine groups is 2. The molecule has 0 aliphatic carbocycles. The lowest BCUT2D eigenvalue weighted by molar-refractivity contribution is -0.114. The van der Waals surface area contributed by atoms with Crippen molar-refractivity contribution >= 4 is 39.8 Å². The van der Waals surface area contributed by atoms with Gasteiger partial charge in [-0.1, -0.05) is 6.92 Å². The van der Waals surface area contributed by atoms with Crippen LogP contribution in [0.25, 0.3) is 11.8 Å². The van der Waals surface area contributed by atoms with Gasteiger partial charge in [0, 0.05) is 17.1 Å². The maximum Gasteiger partial charge on any atom is 0.283 e. The number of nitrogens with one attached hydrogen (secondary N) is 1. The highest BCUT2D eigenvalue weighted by atomic mass is 32.2. The van der Waals surface area contributed by atoms with Crippen molar-refractivity contribution in [3.63, 3.8) is 0 Å². The average Bonchev–Trinajstić information content (AvgIpc) is 3.25. The lowest BCUT2D eigenvalue weighted by Gasteiger charge is -2.20. The van der Waals surface area contributed by atoms with Crippen molar-refractivity contribution in [3.8, 4) is 11.4 Å². The van der Waals surface area contributed by atoms with Gasteiger partial charge in [-0.05, 0) is 80.4 Å². The standard InChI is InChI=1S/C22H23N5O2S/c1-5-6-19-25-27-20(23)18(21(28)24-22(27)30-19)12-15-11-13(2)26(14(15)3)16-7-9-17(29-4)10-8-16/h7-12,23H,5-6H2,1-4H3/b18-12+,23-20?. The molecule has 8 heteroatoms. The molecule has 2 aromatic rings. The van der Waals surface area contributed by atoms with Crippen LogP contribution in [0, 0.1) is 19.3 Å². The largest absolute Gasteiger partial charge is 0.497 e. The van der Waals surface area contributed by atoms with Crippen LogP contribution in [0.15, 0.2) is 46.0 Å². The summed E-state index contributed by atoms with van der Waals surface area (Å²) in [7, 11) is 1.64. The van der Waals surface area contributed by atoms with Crippen molar-refractivity contribution in [2.24, 2.45) is 10.1 Å². The van der Waals surface area contributed by atoms with Crippen molar-refractivity contribution in [1.82, 2.24) is 9.58 Å². The number of aromatic nitrogens is 1. The number of hydrogen-bond acceptors (Lipinski definition) is 5. The monoisotopic (exact) mass is 421 g/mol. The third kappa shape index (κ3) is 3.47. The zero-order chi connectivity index (χ0) is 21.4. The molecule has 0 fully saturated rings. The number of rotatable bonds is 5. The van der Waals surface area contributed by atoms with Crippen LogP contribution in [0.5, 0.6) is 5.75 Å². The van der Waals surface area contributed by atoms with Gasteiger partial charge in [0.15, 0.2) is 5.84 Å². The predicted molar refractivity (Wildman–Crippen MR) is 122 cm³/mol. The van der Waals surface area contributed by atoms with Crippen molar-refractivity contribution in [2.75, 3.05) is 7.11 Å². The summed E-state index contributed by atoms with van der Waals surface area (Å²) in [6, 6.07) is 9.83. The Bertz CT molecular complexity index is 1130. The van der Waals surface area contributed by atoms with E-state index in [1.165, 1.54) is 16.8 Å². The first-order chi connectivity index (χ1) is 14.4. The second-order valence-corrected chi connectivity index (χ2v) is 8.16. The van der Waals surface area contributed by atoms with Crippen molar-refractivity contribution in [2.45, 2.75) is 33.6 Å². The number of methoxy groups -OCH3 is 1. The summed E-state index contributed by atoms with van der Waals surface area (Å²) in [4.78, 5) is 16.8. The highest BCUT2D eigenvalue weighted by Gasteiger charge is 2.35. The normalized spacial score (nSPS) is 17.3. The van der Waals surface area contributed by atoms with E-state index in [1.54, 1.807) is 13.2 Å². The fourth-order valence-corrected chi connectivity index (χ4v) is 4.55. The number of amides is 1. The summed E-state index contributed by atoms with van der Waals surface area (Å²) in [6.07, 6.45) is 3.50. The summed E-state index contributed by atoms with van der Waals surface area (Å²) in [5, 5.41) is 15.8. The van der Waals surface area contributed by atoms with Gasteiger partial charge in [0.2, 0.25) is 5.17 Å². The maximum atomic E-state index is 12.7. The minimum atomic E-state index is -0.402. The highest BCUT2D eigenvalue weighted by Crippen LogP contribution is 2.31. The van der Waals surface area contributed by atoms with E-state index in [9.17, 15) is 4.79 Å². The van der Waals surface area contributed by atoms with Crippen LogP contribution < -0.4 is 4.74 Å². The molecule has 0 unspecified atom stereocenters. The van der Waals surface area contributed by atoms with Gasteiger partial charge in [0.05, 0.1) is 12.7 Å². The van der Waals surface area contributed by atoms with E-state index in [2.05, 4.69) is 21.6 Å². The minimum Gasteiger partial charge on any atom is -0.497 e. The molecule has 30 heavy (non-hydrogen) atoms. The first-order valence-electron chi connectivity index (χ1n) is 9.75. The Balaban J connectivity index is 1.70. The van der Waals surface area contributed by atoms with Gasteiger partial charge in [-0.15, -0.1) is 0 Å². The fourth-order valence-electron chi connectivity index (χ4n) is 3.56. The molecule has 0 saturated carbocycles. The van der Waals surface area contributed by atoms with E-state index in [0.717, 1.165) is 46.3 Å². The van der Waals surface area contributed by atoms with E-state index in [4.69, 9.17) is 10.1 Å². The zero-order valence-electron chi connectivity index (χ0n) is 17.4. The number of thioether (sulfide) groups is 1. The fraction of sp³-hybridized carbons (Fsp3) is 0.273. The molecule has 0 spiro atoms. The molecule has 2 aliphatic heterocycles. The SMILES string of the molecule is CCCC1=NN2C(=N)/C(=C\c3cc(C)n(-c4ccc(OC)cc4)c3C)C(=O)N=C2S1. The zero-order valence-corrected chi connectivity index (χ0v) is 18.2. The molecule has 154 valence electrons. The van der Waals surface area contributed by atoms with E-state index < -0.39 is 5.91 Å². The summed E-state index contributed by atoms with van der Waals surface area (Å²) in [5.41, 5.74) is 4.14. The molecule has 2 aliphatic rings. The van der Waals surface area contributed by atoms with Crippen LogP contribution in [0.4, 0.5) is 0 Å². The van der Waals surface area contributed by atoms with Crippen molar-refractivity contribution < 1.29 is 9.53 Å². The van der Waals surface area contributed by atoms with Crippen molar-refractivity contribution in [3.05, 3.63) is 52.9 Å². The molecule has 3 heterocycles. The third-order valence-electron chi connectivity index (χ3n) is 5.06. The number of fused-ring (bicyclic) bond motifs is 1. The number of benzene rings is 1. The Hall–Kier alpha value is -3.13. The molecule has 1 aromatic carbocycles. The lowest BCUT2D eigenvalue weighted by Crippen LogP contribution is -2.35. The van der Waals surface area contributed by atoms with E-state index in [1.807, 2.05) is 44.2 Å². The molecular formula is C22H23N5O2S. The first kappa shape index (κ1) is 20.2. The first-order valence-corrected chi connectivity index (χ1v) is 10.6. The Morgan fingerprint density at radius 3 is 2.63 bits per heavy atom. The predicted octanol–water partition coefficient (Wildman–Crippen LogP) is 4.52. The summed E-state index contributed by atoms with van der Waals surface area (Å²) in [5.74, 6) is 0.462. The number of carbonyl (C=O) groups excluding carboxylic acids is 1. The second-order valence-electron chi connectivity index (χ2n) is 7.12. The summed E-state index contributed by atoms with van der Waals surface area (Å²) < 4.78 is 7.35. The Morgan fingerprint density at radius 1 is 1.23 bits per heavy atom. The summed E-state index contributed by atoms with van der Waals surface area (Å²) >= 11 is 1.37. The number of carbonyl (C=O) groups is 1. The third-order valence-corrected chi connectivity index (χ3v) is 6.03. The second kappa shape index (κ2) is 7.95.